The van der Waals surface area contributed by atoms with Crippen molar-refractivity contribution in [1.82, 2.24) is 15.0 Å². The van der Waals surface area contributed by atoms with Crippen molar-refractivity contribution in [2.24, 2.45) is 0 Å². The first-order chi connectivity index (χ1) is 7.61. The number of hydroxylamine groups is 2. The third-order valence-electron chi connectivity index (χ3n) is 2.24. The highest BCUT2D eigenvalue weighted by Crippen LogP contribution is 2.17. The minimum atomic E-state index is -0.267. The molecule has 0 aliphatic carbocycles. The maximum absolute atomic E-state index is 11.7. The fraction of sp³-hybridized carbons (Fsp3) is 0.200. The number of amides is 1. The van der Waals surface area contributed by atoms with Crippen molar-refractivity contribution in [1.29, 1.82) is 0 Å². The van der Waals surface area contributed by atoms with Gasteiger partial charge in [-0.25, -0.2) is 10.0 Å². The number of rotatable bonds is 2. The summed E-state index contributed by atoms with van der Waals surface area (Å²) < 4.78 is 0. The highest BCUT2D eigenvalue weighted by Gasteiger charge is 2.14. The fourth-order valence-corrected chi connectivity index (χ4v) is 1.50. The van der Waals surface area contributed by atoms with Gasteiger partial charge in [-0.2, -0.15) is 0 Å². The van der Waals surface area contributed by atoms with Crippen molar-refractivity contribution >= 4 is 28.5 Å². The smallest absolute Gasteiger partial charge is 0.293 e. The third-order valence-corrected chi connectivity index (χ3v) is 2.45. The van der Waals surface area contributed by atoms with Gasteiger partial charge in [-0.05, 0) is 18.2 Å². The Kier molecular flexibility index (Phi) is 2.80. The van der Waals surface area contributed by atoms with E-state index in [2.05, 4.69) is 9.97 Å². The van der Waals surface area contributed by atoms with Crippen molar-refractivity contribution in [3.8, 4) is 0 Å². The summed E-state index contributed by atoms with van der Waals surface area (Å²) in [5.41, 5.74) is 0.995. The molecule has 0 fully saturated rings. The van der Waals surface area contributed by atoms with Gasteiger partial charge in [0.1, 0.15) is 16.5 Å². The molecule has 0 atom stereocenters. The second-order valence-corrected chi connectivity index (χ2v) is 3.63. The van der Waals surface area contributed by atoms with E-state index >= 15 is 0 Å². The topological polar surface area (TPSA) is 58.2 Å². The molecule has 2 aromatic heterocycles. The van der Waals surface area contributed by atoms with E-state index in [1.54, 1.807) is 18.2 Å². The number of nitrogens with zero attached hydrogens (tertiary/aromatic N) is 2. The monoisotopic (exact) mass is 239 g/mol. The van der Waals surface area contributed by atoms with E-state index in [1.165, 1.54) is 14.2 Å². The standard InChI is InChI=1S/C10H10ClN3O2/c1-14(16-2)10(15)7-5-6-3-4-8(11)13-9(6)12-7/h3-5H,1-2H3,(H,12,13). The van der Waals surface area contributed by atoms with E-state index in [1.807, 2.05) is 0 Å². The van der Waals surface area contributed by atoms with Crippen LogP contribution >= 0.6 is 11.6 Å². The molecule has 84 valence electrons. The number of hydrogen-bond acceptors (Lipinski definition) is 3. The maximum Gasteiger partial charge on any atom is 0.293 e. The number of carbonyl (C=O) groups is 1. The summed E-state index contributed by atoms with van der Waals surface area (Å²) in [5.74, 6) is -0.267. The van der Waals surface area contributed by atoms with Crippen LogP contribution in [0.25, 0.3) is 11.0 Å². The number of fused-ring (bicyclic) bond motifs is 1. The summed E-state index contributed by atoms with van der Waals surface area (Å²) in [6.45, 7) is 0. The van der Waals surface area contributed by atoms with Crippen LogP contribution in [-0.4, -0.2) is 35.1 Å². The largest absolute Gasteiger partial charge is 0.335 e. The lowest BCUT2D eigenvalue weighted by Crippen LogP contribution is -2.25. The number of carbonyl (C=O) groups excluding carboxylic acids is 1. The van der Waals surface area contributed by atoms with Gasteiger partial charge in [0, 0.05) is 12.4 Å². The Morgan fingerprint density at radius 2 is 2.31 bits per heavy atom. The Hall–Kier alpha value is -1.59. The van der Waals surface area contributed by atoms with Gasteiger partial charge in [0.25, 0.3) is 5.91 Å². The molecule has 2 aromatic rings. The lowest BCUT2D eigenvalue weighted by atomic mass is 10.3. The van der Waals surface area contributed by atoms with Crippen LogP contribution in [0.15, 0.2) is 18.2 Å². The molecule has 5 nitrogen and oxygen atoms in total. The fourth-order valence-electron chi connectivity index (χ4n) is 1.35. The zero-order chi connectivity index (χ0) is 11.7. The summed E-state index contributed by atoms with van der Waals surface area (Å²) in [6.07, 6.45) is 0. The molecule has 0 radical (unpaired) electrons. The van der Waals surface area contributed by atoms with E-state index in [4.69, 9.17) is 16.4 Å². The van der Waals surface area contributed by atoms with Gasteiger partial charge in [-0.1, -0.05) is 11.6 Å². The van der Waals surface area contributed by atoms with Gasteiger partial charge in [0.15, 0.2) is 0 Å². The molecule has 0 saturated heterocycles. The van der Waals surface area contributed by atoms with Crippen LogP contribution in [-0.2, 0) is 4.84 Å². The molecule has 1 N–H and O–H groups in total. The Morgan fingerprint density at radius 3 is 3.00 bits per heavy atom. The number of pyridine rings is 1. The van der Waals surface area contributed by atoms with Crippen molar-refractivity contribution in [3.63, 3.8) is 0 Å². The van der Waals surface area contributed by atoms with Gasteiger partial charge >= 0.3 is 0 Å². The number of nitrogens with one attached hydrogen (secondary N) is 1. The molecule has 0 bridgehead atoms. The summed E-state index contributed by atoms with van der Waals surface area (Å²) in [4.78, 5) is 23.5. The Bertz CT molecular complexity index is 538. The number of hydrogen-bond donors (Lipinski definition) is 1. The minimum absolute atomic E-state index is 0.267. The van der Waals surface area contributed by atoms with Crippen LogP contribution in [0.5, 0.6) is 0 Å². The van der Waals surface area contributed by atoms with E-state index in [0.717, 1.165) is 10.4 Å². The normalized spacial score (nSPS) is 10.7. The SMILES string of the molecule is CON(C)C(=O)c1cc2ccc(Cl)nc2[nH]1. The van der Waals surface area contributed by atoms with E-state index in [0.29, 0.717) is 16.5 Å². The first-order valence-corrected chi connectivity index (χ1v) is 4.97. The second-order valence-electron chi connectivity index (χ2n) is 3.24. The van der Waals surface area contributed by atoms with Crippen LogP contribution < -0.4 is 0 Å². The number of aromatic nitrogens is 2. The third kappa shape index (κ3) is 1.87. The molecular formula is C10H10ClN3O2. The summed E-state index contributed by atoms with van der Waals surface area (Å²) in [5, 5.41) is 2.34. The van der Waals surface area contributed by atoms with Crippen molar-refractivity contribution in [3.05, 3.63) is 29.0 Å². The van der Waals surface area contributed by atoms with E-state index < -0.39 is 0 Å². The summed E-state index contributed by atoms with van der Waals surface area (Å²) >= 11 is 5.75. The van der Waals surface area contributed by atoms with E-state index in [9.17, 15) is 4.79 Å². The van der Waals surface area contributed by atoms with Crippen molar-refractivity contribution in [2.75, 3.05) is 14.2 Å². The molecule has 16 heavy (non-hydrogen) atoms. The first-order valence-electron chi connectivity index (χ1n) is 4.59. The minimum Gasteiger partial charge on any atom is -0.335 e. The zero-order valence-corrected chi connectivity index (χ0v) is 9.58. The van der Waals surface area contributed by atoms with Crippen LogP contribution in [0.1, 0.15) is 10.5 Å². The van der Waals surface area contributed by atoms with E-state index in [-0.39, 0.29) is 5.91 Å². The van der Waals surface area contributed by atoms with Crippen LogP contribution in [0.3, 0.4) is 0 Å². The Morgan fingerprint density at radius 1 is 1.56 bits per heavy atom. The van der Waals surface area contributed by atoms with Crippen LogP contribution in [0.4, 0.5) is 0 Å². The zero-order valence-electron chi connectivity index (χ0n) is 8.82. The number of aromatic amines is 1. The molecule has 0 unspecified atom stereocenters. The Labute approximate surface area is 96.9 Å². The highest BCUT2D eigenvalue weighted by molar-refractivity contribution is 6.29. The quantitative estimate of drug-likeness (QED) is 0.643. The molecule has 1 amide bonds. The molecule has 6 heteroatoms. The number of halogens is 1. The second kappa shape index (κ2) is 4.11. The highest BCUT2D eigenvalue weighted by atomic mass is 35.5. The van der Waals surface area contributed by atoms with Crippen molar-refractivity contribution in [2.45, 2.75) is 0 Å². The van der Waals surface area contributed by atoms with Gasteiger partial charge in [-0.3, -0.25) is 9.63 Å². The molecule has 0 aliphatic rings. The molecular weight excluding hydrogens is 230 g/mol. The predicted molar refractivity (Wildman–Crippen MR) is 60.2 cm³/mol. The van der Waals surface area contributed by atoms with Crippen LogP contribution in [0.2, 0.25) is 5.15 Å². The summed E-state index contributed by atoms with van der Waals surface area (Å²) in [7, 11) is 2.96. The molecule has 0 aromatic carbocycles. The lowest BCUT2D eigenvalue weighted by Gasteiger charge is -2.11. The molecule has 0 saturated carbocycles. The van der Waals surface area contributed by atoms with Gasteiger partial charge < -0.3 is 4.98 Å². The maximum atomic E-state index is 11.7. The van der Waals surface area contributed by atoms with Gasteiger partial charge in [-0.15, -0.1) is 0 Å². The molecule has 2 rings (SSSR count). The predicted octanol–water partition coefficient (Wildman–Crippen LogP) is 1.85. The summed E-state index contributed by atoms with van der Waals surface area (Å²) in [6, 6.07) is 5.17. The van der Waals surface area contributed by atoms with Crippen molar-refractivity contribution < 1.29 is 9.63 Å². The van der Waals surface area contributed by atoms with Gasteiger partial charge in [0.05, 0.1) is 7.11 Å². The average Bonchev–Trinajstić information content (AvgIpc) is 2.69. The molecule has 2 heterocycles. The lowest BCUT2D eigenvalue weighted by molar-refractivity contribution is -0.0759. The average molecular weight is 240 g/mol. The van der Waals surface area contributed by atoms with Gasteiger partial charge in [0.2, 0.25) is 0 Å². The van der Waals surface area contributed by atoms with Crippen LogP contribution in [0, 0.1) is 0 Å². The Balaban J connectivity index is 2.43. The molecule has 0 aliphatic heterocycles. The molecule has 0 spiro atoms. The number of H-pyrrole nitrogens is 1. The first kappa shape index (κ1) is 10.9.